The van der Waals surface area contributed by atoms with Gasteiger partial charge in [0.05, 0.1) is 0 Å². The molecule has 0 spiro atoms. The van der Waals surface area contributed by atoms with Gasteiger partial charge in [-0.15, -0.1) is 0 Å². The number of benzene rings is 1. The third-order valence-electron chi connectivity index (χ3n) is 5.60. The number of aromatic nitrogens is 1. The number of amides is 1. The molecule has 0 N–H and O–H groups in total. The molecule has 148 valence electrons. The maximum absolute atomic E-state index is 13.0. The van der Waals surface area contributed by atoms with Crippen LogP contribution in [0.1, 0.15) is 41.6 Å². The number of rotatable bonds is 6. The Bertz CT molecular complexity index is 788. The molecule has 0 saturated carbocycles. The average molecular weight is 400 g/mol. The van der Waals surface area contributed by atoms with Crippen molar-refractivity contribution >= 4 is 17.5 Å². The fourth-order valence-electron chi connectivity index (χ4n) is 4.07. The van der Waals surface area contributed by atoms with Crippen molar-refractivity contribution in [3.05, 3.63) is 58.9 Å². The molecular formula is C22H26ClN3O2. The molecule has 0 radical (unpaired) electrons. The normalized spacial score (nSPS) is 19.9. The molecule has 0 bridgehead atoms. The van der Waals surface area contributed by atoms with Gasteiger partial charge < -0.3 is 14.5 Å². The number of nitrogens with zero attached hydrogens (tertiary/aromatic N) is 3. The van der Waals surface area contributed by atoms with Crippen molar-refractivity contribution in [2.75, 3.05) is 26.2 Å². The van der Waals surface area contributed by atoms with Crippen LogP contribution >= 0.6 is 11.6 Å². The van der Waals surface area contributed by atoms with Gasteiger partial charge in [-0.05, 0) is 69.1 Å². The topological polar surface area (TPSA) is 45.7 Å². The first-order chi connectivity index (χ1) is 13.7. The van der Waals surface area contributed by atoms with Crippen LogP contribution in [-0.2, 0) is 6.61 Å². The second-order valence-corrected chi connectivity index (χ2v) is 7.99. The zero-order valence-corrected chi connectivity index (χ0v) is 16.8. The molecule has 2 aliphatic rings. The monoisotopic (exact) mass is 399 g/mol. The molecule has 1 amide bonds. The van der Waals surface area contributed by atoms with E-state index in [4.69, 9.17) is 16.3 Å². The largest absolute Gasteiger partial charge is 0.489 e. The second kappa shape index (κ2) is 8.93. The van der Waals surface area contributed by atoms with Crippen LogP contribution in [-0.4, -0.2) is 52.9 Å². The Morgan fingerprint density at radius 2 is 1.86 bits per heavy atom. The summed E-state index contributed by atoms with van der Waals surface area (Å²) in [4.78, 5) is 21.6. The van der Waals surface area contributed by atoms with Crippen LogP contribution in [0.4, 0.5) is 0 Å². The van der Waals surface area contributed by atoms with Gasteiger partial charge in [0.25, 0.3) is 5.91 Å². The van der Waals surface area contributed by atoms with E-state index in [1.807, 2.05) is 30.3 Å². The summed E-state index contributed by atoms with van der Waals surface area (Å²) >= 11 is 5.80. The van der Waals surface area contributed by atoms with Gasteiger partial charge in [0.2, 0.25) is 0 Å². The van der Waals surface area contributed by atoms with Gasteiger partial charge in [-0.2, -0.15) is 0 Å². The maximum Gasteiger partial charge on any atom is 0.254 e. The Balaban J connectivity index is 1.34. The van der Waals surface area contributed by atoms with Crippen LogP contribution in [0.3, 0.4) is 0 Å². The van der Waals surface area contributed by atoms with Gasteiger partial charge in [0, 0.05) is 36.5 Å². The van der Waals surface area contributed by atoms with E-state index in [0.29, 0.717) is 17.8 Å². The van der Waals surface area contributed by atoms with Crippen molar-refractivity contribution in [3.63, 3.8) is 0 Å². The Morgan fingerprint density at radius 1 is 1.07 bits per heavy atom. The standard InChI is InChI=1S/C22H26ClN3O2/c23-21-10-5-17(14-24-21)16-28-20-8-6-18(7-9-20)22(27)26-13-3-4-19(26)15-25-11-1-2-12-25/h5-10,14,19H,1-4,11-13,15-16H2. The first-order valence-electron chi connectivity index (χ1n) is 10.1. The molecule has 1 aromatic heterocycles. The molecule has 1 aromatic carbocycles. The van der Waals surface area contributed by atoms with Crippen LogP contribution in [0.5, 0.6) is 5.75 Å². The first-order valence-corrected chi connectivity index (χ1v) is 10.4. The molecule has 2 saturated heterocycles. The van der Waals surface area contributed by atoms with Crippen LogP contribution in [0.2, 0.25) is 5.15 Å². The minimum atomic E-state index is 0.134. The summed E-state index contributed by atoms with van der Waals surface area (Å²) < 4.78 is 5.79. The number of likely N-dealkylation sites (tertiary alicyclic amines) is 2. The molecule has 28 heavy (non-hydrogen) atoms. The van der Waals surface area contributed by atoms with E-state index < -0.39 is 0 Å². The lowest BCUT2D eigenvalue weighted by Gasteiger charge is -2.28. The second-order valence-electron chi connectivity index (χ2n) is 7.60. The highest BCUT2D eigenvalue weighted by Gasteiger charge is 2.31. The van der Waals surface area contributed by atoms with Crippen molar-refractivity contribution < 1.29 is 9.53 Å². The molecule has 2 aliphatic heterocycles. The highest BCUT2D eigenvalue weighted by Crippen LogP contribution is 2.23. The van der Waals surface area contributed by atoms with Crippen LogP contribution in [0.15, 0.2) is 42.6 Å². The number of carbonyl (C=O) groups excluding carboxylic acids is 1. The quantitative estimate of drug-likeness (QED) is 0.688. The summed E-state index contributed by atoms with van der Waals surface area (Å²) in [6.45, 7) is 4.64. The third-order valence-corrected chi connectivity index (χ3v) is 5.82. The Labute approximate surface area is 171 Å². The van der Waals surface area contributed by atoms with Crippen molar-refractivity contribution in [2.24, 2.45) is 0 Å². The van der Waals surface area contributed by atoms with E-state index >= 15 is 0 Å². The molecule has 6 heteroatoms. The van der Waals surface area contributed by atoms with Crippen molar-refractivity contribution in [1.29, 1.82) is 0 Å². The number of pyridine rings is 1. The SMILES string of the molecule is O=C(c1ccc(OCc2ccc(Cl)nc2)cc1)N1CCCC1CN1CCCC1. The van der Waals surface area contributed by atoms with E-state index in [2.05, 4.69) is 14.8 Å². The summed E-state index contributed by atoms with van der Waals surface area (Å²) in [6.07, 6.45) is 6.48. The van der Waals surface area contributed by atoms with E-state index in [1.54, 1.807) is 12.3 Å². The summed E-state index contributed by atoms with van der Waals surface area (Å²) in [6, 6.07) is 11.4. The number of ether oxygens (including phenoxy) is 1. The predicted molar refractivity (Wildman–Crippen MR) is 110 cm³/mol. The highest BCUT2D eigenvalue weighted by atomic mass is 35.5. The number of halogens is 1. The van der Waals surface area contributed by atoms with Crippen LogP contribution < -0.4 is 4.74 Å². The molecule has 2 fully saturated rings. The number of hydrogen-bond donors (Lipinski definition) is 0. The van der Waals surface area contributed by atoms with Gasteiger partial charge in [-0.25, -0.2) is 4.98 Å². The lowest BCUT2D eigenvalue weighted by Crippen LogP contribution is -2.42. The molecule has 3 heterocycles. The maximum atomic E-state index is 13.0. The van der Waals surface area contributed by atoms with Crippen LogP contribution in [0.25, 0.3) is 0 Å². The first kappa shape index (κ1) is 19.2. The molecule has 2 aromatic rings. The summed E-state index contributed by atoms with van der Waals surface area (Å²) in [5, 5.41) is 0.469. The summed E-state index contributed by atoms with van der Waals surface area (Å²) in [5.74, 6) is 0.872. The molecule has 5 nitrogen and oxygen atoms in total. The predicted octanol–water partition coefficient (Wildman–Crippen LogP) is 4.01. The fraction of sp³-hybridized carbons (Fsp3) is 0.455. The Hall–Kier alpha value is -2.11. The number of hydrogen-bond acceptors (Lipinski definition) is 4. The third kappa shape index (κ3) is 4.65. The van der Waals surface area contributed by atoms with Crippen LogP contribution in [0, 0.1) is 0 Å². The fourth-order valence-corrected chi connectivity index (χ4v) is 4.19. The van der Waals surface area contributed by atoms with E-state index in [9.17, 15) is 4.79 Å². The van der Waals surface area contributed by atoms with Crippen molar-refractivity contribution in [2.45, 2.75) is 38.3 Å². The lowest BCUT2D eigenvalue weighted by atomic mass is 10.1. The minimum absolute atomic E-state index is 0.134. The van der Waals surface area contributed by atoms with Gasteiger partial charge in [-0.3, -0.25) is 4.79 Å². The Morgan fingerprint density at radius 3 is 2.57 bits per heavy atom. The van der Waals surface area contributed by atoms with Gasteiger partial charge >= 0.3 is 0 Å². The Kier molecular flexibility index (Phi) is 6.13. The zero-order valence-electron chi connectivity index (χ0n) is 16.0. The van der Waals surface area contributed by atoms with E-state index in [1.165, 1.54) is 25.9 Å². The van der Waals surface area contributed by atoms with Crippen molar-refractivity contribution in [1.82, 2.24) is 14.8 Å². The van der Waals surface area contributed by atoms with Gasteiger partial charge in [0.15, 0.2) is 0 Å². The lowest BCUT2D eigenvalue weighted by molar-refractivity contribution is 0.0708. The summed E-state index contributed by atoms with van der Waals surface area (Å²) in [7, 11) is 0. The molecule has 0 aliphatic carbocycles. The van der Waals surface area contributed by atoms with Gasteiger partial charge in [0.1, 0.15) is 17.5 Å². The molecule has 1 atom stereocenters. The van der Waals surface area contributed by atoms with Crippen molar-refractivity contribution in [3.8, 4) is 5.75 Å². The molecule has 1 unspecified atom stereocenters. The number of carbonyl (C=O) groups is 1. The molecule has 4 rings (SSSR count). The highest BCUT2D eigenvalue weighted by molar-refractivity contribution is 6.29. The summed E-state index contributed by atoms with van der Waals surface area (Å²) in [5.41, 5.74) is 1.68. The zero-order chi connectivity index (χ0) is 19.3. The van der Waals surface area contributed by atoms with E-state index in [-0.39, 0.29) is 5.91 Å². The van der Waals surface area contributed by atoms with E-state index in [0.717, 1.165) is 42.8 Å². The minimum Gasteiger partial charge on any atom is -0.489 e. The molecular weight excluding hydrogens is 374 g/mol. The average Bonchev–Trinajstić information content (AvgIpc) is 3.40. The smallest absolute Gasteiger partial charge is 0.254 e. The van der Waals surface area contributed by atoms with Gasteiger partial charge in [-0.1, -0.05) is 17.7 Å².